The smallest absolute Gasteiger partial charge is 0.268 e. The summed E-state index contributed by atoms with van der Waals surface area (Å²) in [7, 11) is 0. The normalized spacial score (nSPS) is 10.5. The maximum Gasteiger partial charge on any atom is 0.268 e. The molecule has 7 heteroatoms. The number of benzene rings is 3. The highest BCUT2D eigenvalue weighted by atomic mass is 35.5. The van der Waals surface area contributed by atoms with E-state index in [-0.39, 0.29) is 5.91 Å². The van der Waals surface area contributed by atoms with Crippen molar-refractivity contribution in [2.75, 3.05) is 10.3 Å². The van der Waals surface area contributed by atoms with Crippen LogP contribution in [0.3, 0.4) is 0 Å². The molecule has 0 aliphatic rings. The molecule has 1 N–H and O–H groups in total. The number of nitrogens with zero attached hydrogens (tertiary/aromatic N) is 3. The van der Waals surface area contributed by atoms with E-state index in [1.807, 2.05) is 24.3 Å². The molecule has 144 valence electrons. The first-order valence-electron chi connectivity index (χ1n) is 8.66. The van der Waals surface area contributed by atoms with Gasteiger partial charge in [0.2, 0.25) is 0 Å². The van der Waals surface area contributed by atoms with E-state index < -0.39 is 0 Å². The number of nitriles is 1. The lowest BCUT2D eigenvalue weighted by Crippen LogP contribution is -2.20. The minimum atomic E-state index is -0.369. The lowest BCUT2D eigenvalue weighted by Gasteiger charge is -2.19. The van der Waals surface area contributed by atoms with Crippen molar-refractivity contribution in [1.82, 2.24) is 0 Å². The molecule has 3 rings (SSSR count). The summed E-state index contributed by atoms with van der Waals surface area (Å²) < 4.78 is 0. The predicted octanol–water partition coefficient (Wildman–Crippen LogP) is 5.50. The summed E-state index contributed by atoms with van der Waals surface area (Å²) in [6.07, 6.45) is 1.22. The van der Waals surface area contributed by atoms with Crippen molar-refractivity contribution in [3.63, 3.8) is 0 Å². The SMILES string of the molecule is N#Cc1ccc(CN(N=CC(=O)Nc2ccc(Cl)cc2)c2ccc(Cl)cc2)cc1. The van der Waals surface area contributed by atoms with Gasteiger partial charge in [0.1, 0.15) is 6.21 Å². The Bertz CT molecular complexity index is 1040. The quantitative estimate of drug-likeness (QED) is 0.421. The molecular formula is C22H16Cl2N4O. The highest BCUT2D eigenvalue weighted by Crippen LogP contribution is 2.21. The van der Waals surface area contributed by atoms with E-state index in [4.69, 9.17) is 28.5 Å². The molecule has 3 aromatic rings. The average molecular weight is 423 g/mol. The summed E-state index contributed by atoms with van der Waals surface area (Å²) in [5.41, 5.74) is 2.91. The Morgan fingerprint density at radius 1 is 0.966 bits per heavy atom. The molecule has 0 radical (unpaired) electrons. The number of anilines is 2. The summed E-state index contributed by atoms with van der Waals surface area (Å²) in [6, 6.07) is 23.2. The molecule has 5 nitrogen and oxygen atoms in total. The van der Waals surface area contributed by atoms with Gasteiger partial charge in [0.05, 0.1) is 23.9 Å². The van der Waals surface area contributed by atoms with Gasteiger partial charge in [0, 0.05) is 15.7 Å². The molecule has 3 aromatic carbocycles. The number of halogens is 2. The Labute approximate surface area is 178 Å². The van der Waals surface area contributed by atoms with E-state index >= 15 is 0 Å². The molecule has 0 saturated carbocycles. The van der Waals surface area contributed by atoms with E-state index in [1.165, 1.54) is 6.21 Å². The number of amides is 1. The van der Waals surface area contributed by atoms with Gasteiger partial charge in [0.15, 0.2) is 0 Å². The summed E-state index contributed by atoms with van der Waals surface area (Å²) >= 11 is 11.8. The third-order valence-corrected chi connectivity index (χ3v) is 4.47. The third-order valence-electron chi connectivity index (χ3n) is 3.97. The van der Waals surface area contributed by atoms with Crippen molar-refractivity contribution in [3.8, 4) is 6.07 Å². The van der Waals surface area contributed by atoms with Crippen molar-refractivity contribution in [3.05, 3.63) is 94.0 Å². The summed E-state index contributed by atoms with van der Waals surface area (Å²) in [5, 5.41) is 18.9. The average Bonchev–Trinajstić information content (AvgIpc) is 2.74. The number of nitrogens with one attached hydrogen (secondary N) is 1. The second-order valence-electron chi connectivity index (χ2n) is 6.08. The fourth-order valence-corrected chi connectivity index (χ4v) is 2.75. The fourth-order valence-electron chi connectivity index (χ4n) is 2.50. The van der Waals surface area contributed by atoms with Crippen LogP contribution in [0.1, 0.15) is 11.1 Å². The zero-order valence-electron chi connectivity index (χ0n) is 15.2. The van der Waals surface area contributed by atoms with E-state index in [9.17, 15) is 4.79 Å². The van der Waals surface area contributed by atoms with Crippen LogP contribution in [0.2, 0.25) is 10.0 Å². The topological polar surface area (TPSA) is 68.5 Å². The van der Waals surface area contributed by atoms with Crippen LogP contribution < -0.4 is 10.3 Å². The largest absolute Gasteiger partial charge is 0.321 e. The minimum absolute atomic E-state index is 0.369. The molecule has 29 heavy (non-hydrogen) atoms. The van der Waals surface area contributed by atoms with E-state index in [0.717, 1.165) is 11.3 Å². The number of hydrazone groups is 1. The molecule has 0 fully saturated rings. The van der Waals surface area contributed by atoms with Gasteiger partial charge < -0.3 is 5.32 Å². The summed E-state index contributed by atoms with van der Waals surface area (Å²) in [5.74, 6) is -0.369. The molecular weight excluding hydrogens is 407 g/mol. The number of carbonyl (C=O) groups excluding carboxylic acids is 1. The molecule has 1 amide bonds. The maximum atomic E-state index is 12.2. The van der Waals surface area contributed by atoms with Gasteiger partial charge in [-0.15, -0.1) is 0 Å². The molecule has 0 aromatic heterocycles. The van der Waals surface area contributed by atoms with Gasteiger partial charge in [0.25, 0.3) is 5.91 Å². The van der Waals surface area contributed by atoms with Crippen LogP contribution in [0.15, 0.2) is 77.9 Å². The van der Waals surface area contributed by atoms with Gasteiger partial charge in [-0.25, -0.2) is 0 Å². The van der Waals surface area contributed by atoms with Gasteiger partial charge in [-0.3, -0.25) is 9.80 Å². The molecule has 0 atom stereocenters. The zero-order valence-corrected chi connectivity index (χ0v) is 16.7. The van der Waals surface area contributed by atoms with Crippen molar-refractivity contribution in [2.24, 2.45) is 5.10 Å². The Balaban J connectivity index is 1.77. The van der Waals surface area contributed by atoms with Crippen LogP contribution >= 0.6 is 23.2 Å². The number of carbonyl (C=O) groups is 1. The van der Waals surface area contributed by atoms with E-state index in [2.05, 4.69) is 16.5 Å². The van der Waals surface area contributed by atoms with Crippen molar-refractivity contribution >= 4 is 46.7 Å². The summed E-state index contributed by atoms with van der Waals surface area (Å²) in [6.45, 7) is 0.415. The first-order valence-corrected chi connectivity index (χ1v) is 9.42. The Morgan fingerprint density at radius 3 is 2.14 bits per heavy atom. The Kier molecular flexibility index (Phi) is 6.85. The maximum absolute atomic E-state index is 12.2. The predicted molar refractivity (Wildman–Crippen MR) is 117 cm³/mol. The van der Waals surface area contributed by atoms with E-state index in [0.29, 0.717) is 27.8 Å². The third kappa shape index (κ3) is 6.08. The van der Waals surface area contributed by atoms with Crippen LogP contribution in [0, 0.1) is 11.3 Å². The Hall–Kier alpha value is -3.33. The standard InChI is InChI=1S/C22H16Cl2N4O/c23-18-5-9-20(10-6-18)27-22(29)14-26-28(21-11-7-19(24)8-12-21)15-17-3-1-16(13-25)2-4-17/h1-12,14H,15H2,(H,27,29). The first-order chi connectivity index (χ1) is 14.0. The van der Waals surface area contributed by atoms with Crippen LogP contribution in [0.5, 0.6) is 0 Å². The lowest BCUT2D eigenvalue weighted by molar-refractivity contribution is -0.110. The van der Waals surface area contributed by atoms with Gasteiger partial charge in [-0.05, 0) is 66.2 Å². The molecule has 0 unspecified atom stereocenters. The van der Waals surface area contributed by atoms with Crippen LogP contribution in [0.25, 0.3) is 0 Å². The lowest BCUT2D eigenvalue weighted by atomic mass is 10.1. The molecule has 0 bridgehead atoms. The first kappa shape index (κ1) is 20.4. The number of rotatable bonds is 6. The zero-order chi connectivity index (χ0) is 20.6. The fraction of sp³-hybridized carbons (Fsp3) is 0.0455. The van der Waals surface area contributed by atoms with Crippen molar-refractivity contribution < 1.29 is 4.79 Å². The Morgan fingerprint density at radius 2 is 1.55 bits per heavy atom. The molecule has 0 heterocycles. The van der Waals surface area contributed by atoms with Crippen LogP contribution in [-0.4, -0.2) is 12.1 Å². The van der Waals surface area contributed by atoms with Gasteiger partial charge >= 0.3 is 0 Å². The van der Waals surface area contributed by atoms with Crippen LogP contribution in [-0.2, 0) is 11.3 Å². The monoisotopic (exact) mass is 422 g/mol. The summed E-state index contributed by atoms with van der Waals surface area (Å²) in [4.78, 5) is 12.2. The van der Waals surface area contributed by atoms with Gasteiger partial charge in [-0.1, -0.05) is 35.3 Å². The minimum Gasteiger partial charge on any atom is -0.321 e. The van der Waals surface area contributed by atoms with E-state index in [1.54, 1.807) is 53.5 Å². The highest BCUT2D eigenvalue weighted by Gasteiger charge is 2.08. The van der Waals surface area contributed by atoms with Gasteiger partial charge in [-0.2, -0.15) is 10.4 Å². The highest BCUT2D eigenvalue weighted by molar-refractivity contribution is 6.32. The number of hydrogen-bond donors (Lipinski definition) is 1. The second-order valence-corrected chi connectivity index (χ2v) is 6.96. The van der Waals surface area contributed by atoms with Crippen molar-refractivity contribution in [2.45, 2.75) is 6.54 Å². The molecule has 0 aliphatic heterocycles. The molecule has 0 saturated heterocycles. The number of hydrogen-bond acceptors (Lipinski definition) is 4. The van der Waals surface area contributed by atoms with Crippen LogP contribution in [0.4, 0.5) is 11.4 Å². The van der Waals surface area contributed by atoms with Crippen molar-refractivity contribution in [1.29, 1.82) is 5.26 Å². The second kappa shape index (κ2) is 9.74. The molecule has 0 spiro atoms. The molecule has 0 aliphatic carbocycles.